The molecule has 3 fully saturated rings. The summed E-state index contributed by atoms with van der Waals surface area (Å²) in [4.78, 5) is 5.50. The second-order valence-corrected chi connectivity index (χ2v) is 6.36. The average molecular weight is 251 g/mol. The molecule has 18 heavy (non-hydrogen) atoms. The van der Waals surface area contributed by atoms with Gasteiger partial charge in [0.15, 0.2) is 0 Å². The van der Waals surface area contributed by atoms with Gasteiger partial charge in [0.25, 0.3) is 0 Å². The number of nitrogens with one attached hydrogen (secondary N) is 1. The van der Waals surface area contributed by atoms with Crippen LogP contribution in [0.2, 0.25) is 0 Å². The largest absolute Gasteiger partial charge is 0.312 e. The van der Waals surface area contributed by atoms with E-state index in [4.69, 9.17) is 0 Å². The molecule has 2 unspecified atom stereocenters. The highest BCUT2D eigenvalue weighted by Gasteiger charge is 2.36. The number of piperazine rings is 1. The topological polar surface area (TPSA) is 18.5 Å². The Balaban J connectivity index is 1.48. The standard InChI is InChI=1S/C15H29N3/c1-2-8-16-14-4-3-5-15(14)18-11-9-17(10-12-18)13-6-7-13/h13-16H,2-12H2,1H3. The summed E-state index contributed by atoms with van der Waals surface area (Å²) < 4.78 is 0. The van der Waals surface area contributed by atoms with E-state index >= 15 is 0 Å². The summed E-state index contributed by atoms with van der Waals surface area (Å²) in [6, 6.07) is 2.57. The van der Waals surface area contributed by atoms with Gasteiger partial charge in [-0.3, -0.25) is 9.80 Å². The molecule has 1 N–H and O–H groups in total. The van der Waals surface area contributed by atoms with Crippen molar-refractivity contribution in [1.29, 1.82) is 0 Å². The third kappa shape index (κ3) is 2.89. The summed E-state index contributed by atoms with van der Waals surface area (Å²) >= 11 is 0. The molecule has 0 amide bonds. The molecule has 0 aromatic rings. The van der Waals surface area contributed by atoms with Gasteiger partial charge in [0.05, 0.1) is 0 Å². The monoisotopic (exact) mass is 251 g/mol. The summed E-state index contributed by atoms with van der Waals surface area (Å²) in [6.45, 7) is 8.73. The van der Waals surface area contributed by atoms with Crippen molar-refractivity contribution in [2.45, 2.75) is 63.6 Å². The van der Waals surface area contributed by atoms with Crippen LogP contribution in [0.4, 0.5) is 0 Å². The fourth-order valence-corrected chi connectivity index (χ4v) is 3.82. The highest BCUT2D eigenvalue weighted by atomic mass is 15.3. The molecule has 3 aliphatic rings. The van der Waals surface area contributed by atoms with Crippen molar-refractivity contribution in [1.82, 2.24) is 15.1 Å². The molecule has 1 heterocycles. The first-order valence-electron chi connectivity index (χ1n) is 8.10. The molecule has 0 aromatic heterocycles. The number of hydrogen-bond donors (Lipinski definition) is 1. The van der Waals surface area contributed by atoms with Crippen molar-refractivity contribution >= 4 is 0 Å². The normalized spacial score (nSPS) is 35.2. The average Bonchev–Trinajstić information content (AvgIpc) is 3.16. The minimum atomic E-state index is 0.775. The predicted molar refractivity (Wildman–Crippen MR) is 75.9 cm³/mol. The third-order valence-electron chi connectivity index (χ3n) is 5.02. The number of rotatable bonds is 5. The Kier molecular flexibility index (Phi) is 4.22. The zero-order valence-corrected chi connectivity index (χ0v) is 11.9. The van der Waals surface area contributed by atoms with E-state index in [0.717, 1.165) is 18.1 Å². The van der Waals surface area contributed by atoms with Crippen LogP contribution in [0.3, 0.4) is 0 Å². The smallest absolute Gasteiger partial charge is 0.0250 e. The fourth-order valence-electron chi connectivity index (χ4n) is 3.82. The quantitative estimate of drug-likeness (QED) is 0.802. The molecule has 2 aliphatic carbocycles. The Morgan fingerprint density at radius 2 is 1.67 bits per heavy atom. The first-order valence-corrected chi connectivity index (χ1v) is 8.10. The van der Waals surface area contributed by atoms with E-state index in [9.17, 15) is 0 Å². The van der Waals surface area contributed by atoms with Crippen molar-refractivity contribution in [2.75, 3.05) is 32.7 Å². The summed E-state index contributed by atoms with van der Waals surface area (Å²) in [5.41, 5.74) is 0. The second-order valence-electron chi connectivity index (χ2n) is 6.36. The van der Waals surface area contributed by atoms with Crippen molar-refractivity contribution in [3.63, 3.8) is 0 Å². The van der Waals surface area contributed by atoms with Crippen molar-refractivity contribution in [2.24, 2.45) is 0 Å². The molecule has 0 spiro atoms. The zero-order chi connectivity index (χ0) is 12.4. The van der Waals surface area contributed by atoms with Gasteiger partial charge >= 0.3 is 0 Å². The molecule has 3 rings (SSSR count). The molecule has 1 saturated heterocycles. The first-order chi connectivity index (χ1) is 8.88. The van der Waals surface area contributed by atoms with E-state index in [1.165, 1.54) is 71.2 Å². The van der Waals surface area contributed by atoms with Crippen molar-refractivity contribution in [3.05, 3.63) is 0 Å². The van der Waals surface area contributed by atoms with E-state index < -0.39 is 0 Å². The lowest BCUT2D eigenvalue weighted by Crippen LogP contribution is -2.55. The molecular weight excluding hydrogens is 222 g/mol. The fraction of sp³-hybridized carbons (Fsp3) is 1.00. The van der Waals surface area contributed by atoms with Crippen LogP contribution in [0.1, 0.15) is 45.4 Å². The maximum atomic E-state index is 3.77. The molecule has 0 radical (unpaired) electrons. The molecular formula is C15H29N3. The van der Waals surface area contributed by atoms with Gasteiger partial charge in [0, 0.05) is 44.3 Å². The van der Waals surface area contributed by atoms with E-state index in [2.05, 4.69) is 22.0 Å². The van der Waals surface area contributed by atoms with Gasteiger partial charge in [-0.05, 0) is 38.6 Å². The van der Waals surface area contributed by atoms with Crippen LogP contribution in [0.5, 0.6) is 0 Å². The Bertz CT molecular complexity index is 256. The lowest BCUT2D eigenvalue weighted by molar-refractivity contribution is 0.0826. The van der Waals surface area contributed by atoms with Crippen molar-refractivity contribution in [3.8, 4) is 0 Å². The Morgan fingerprint density at radius 3 is 2.33 bits per heavy atom. The molecule has 104 valence electrons. The van der Waals surface area contributed by atoms with Crippen LogP contribution in [0.25, 0.3) is 0 Å². The van der Waals surface area contributed by atoms with E-state index in [1.54, 1.807) is 0 Å². The SMILES string of the molecule is CCCNC1CCCC1N1CCN(C2CC2)CC1. The lowest BCUT2D eigenvalue weighted by Gasteiger charge is -2.40. The van der Waals surface area contributed by atoms with Crippen LogP contribution >= 0.6 is 0 Å². The van der Waals surface area contributed by atoms with Crippen LogP contribution in [0.15, 0.2) is 0 Å². The van der Waals surface area contributed by atoms with Crippen LogP contribution < -0.4 is 5.32 Å². The van der Waals surface area contributed by atoms with Gasteiger partial charge in [-0.1, -0.05) is 13.3 Å². The Labute approximate surface area is 112 Å². The first kappa shape index (κ1) is 12.9. The summed E-state index contributed by atoms with van der Waals surface area (Å²) in [7, 11) is 0. The second kappa shape index (κ2) is 5.89. The van der Waals surface area contributed by atoms with Crippen LogP contribution in [0, 0.1) is 0 Å². The molecule has 2 atom stereocenters. The molecule has 0 aromatic carbocycles. The highest BCUT2D eigenvalue weighted by molar-refractivity contribution is 4.94. The highest BCUT2D eigenvalue weighted by Crippen LogP contribution is 2.30. The van der Waals surface area contributed by atoms with E-state index in [1.807, 2.05) is 0 Å². The maximum Gasteiger partial charge on any atom is 0.0250 e. The molecule has 3 heteroatoms. The van der Waals surface area contributed by atoms with Gasteiger partial charge in [0.2, 0.25) is 0 Å². The molecule has 1 aliphatic heterocycles. The summed E-state index contributed by atoms with van der Waals surface area (Å²) in [5, 5.41) is 3.77. The minimum absolute atomic E-state index is 0.775. The lowest BCUT2D eigenvalue weighted by atomic mass is 10.1. The van der Waals surface area contributed by atoms with E-state index in [-0.39, 0.29) is 0 Å². The van der Waals surface area contributed by atoms with Crippen LogP contribution in [-0.2, 0) is 0 Å². The third-order valence-corrected chi connectivity index (χ3v) is 5.02. The number of nitrogens with zero attached hydrogens (tertiary/aromatic N) is 2. The van der Waals surface area contributed by atoms with Gasteiger partial charge in [-0.15, -0.1) is 0 Å². The zero-order valence-electron chi connectivity index (χ0n) is 11.9. The van der Waals surface area contributed by atoms with E-state index in [0.29, 0.717) is 0 Å². The van der Waals surface area contributed by atoms with Gasteiger partial charge < -0.3 is 5.32 Å². The van der Waals surface area contributed by atoms with Gasteiger partial charge in [0.1, 0.15) is 0 Å². The Hall–Kier alpha value is -0.120. The van der Waals surface area contributed by atoms with Gasteiger partial charge in [-0.25, -0.2) is 0 Å². The number of hydrogen-bond acceptors (Lipinski definition) is 3. The Morgan fingerprint density at radius 1 is 0.944 bits per heavy atom. The summed E-state index contributed by atoms with van der Waals surface area (Å²) in [6.07, 6.45) is 8.43. The maximum absolute atomic E-state index is 3.77. The predicted octanol–water partition coefficient (Wildman–Crippen LogP) is 1.69. The van der Waals surface area contributed by atoms with Crippen LogP contribution in [-0.4, -0.2) is 60.6 Å². The molecule has 3 nitrogen and oxygen atoms in total. The molecule has 0 bridgehead atoms. The van der Waals surface area contributed by atoms with Crippen molar-refractivity contribution < 1.29 is 0 Å². The summed E-state index contributed by atoms with van der Waals surface area (Å²) in [5.74, 6) is 0. The van der Waals surface area contributed by atoms with Gasteiger partial charge in [-0.2, -0.15) is 0 Å². The minimum Gasteiger partial charge on any atom is -0.312 e. The molecule has 2 saturated carbocycles.